The summed E-state index contributed by atoms with van der Waals surface area (Å²) in [6, 6.07) is 3.17. The van der Waals surface area contributed by atoms with Gasteiger partial charge in [0.25, 0.3) is 0 Å². The molecule has 0 radical (unpaired) electrons. The van der Waals surface area contributed by atoms with Crippen molar-refractivity contribution in [1.29, 1.82) is 0 Å². The minimum Gasteiger partial charge on any atom is -0.488 e. The number of aromatic nitrogens is 6. The minimum absolute atomic E-state index is 0.130. The van der Waals surface area contributed by atoms with Crippen LogP contribution in [0.15, 0.2) is 18.5 Å². The second-order valence-corrected chi connectivity index (χ2v) is 9.18. The number of morpholine rings is 1. The highest BCUT2D eigenvalue weighted by molar-refractivity contribution is 5.84. The van der Waals surface area contributed by atoms with Gasteiger partial charge >= 0.3 is 0 Å². The molecule has 0 unspecified atom stereocenters. The monoisotopic (exact) mass is 528 g/mol. The van der Waals surface area contributed by atoms with Crippen molar-refractivity contribution in [3.05, 3.63) is 30.1 Å². The SMILES string of the molecule is COCCOCCOc1cc2nc(CNc3nc(N4CCOCC4)nc4c3ncn4C(C)C)[nH]c2cc1F. The predicted octanol–water partition coefficient (Wildman–Crippen LogP) is 2.91. The molecule has 0 bridgehead atoms. The number of hydrogen-bond donors (Lipinski definition) is 2. The fourth-order valence-electron chi connectivity index (χ4n) is 4.19. The number of methoxy groups -OCH3 is 1. The van der Waals surface area contributed by atoms with Crippen LogP contribution in [-0.2, 0) is 20.8 Å². The summed E-state index contributed by atoms with van der Waals surface area (Å²) < 4.78 is 37.9. The number of anilines is 2. The van der Waals surface area contributed by atoms with E-state index in [2.05, 4.69) is 39.0 Å². The first-order valence-electron chi connectivity index (χ1n) is 12.7. The lowest BCUT2D eigenvalue weighted by molar-refractivity contribution is 0.0538. The maximum absolute atomic E-state index is 14.6. The fourth-order valence-corrected chi connectivity index (χ4v) is 4.19. The molecular formula is C25H33FN8O4. The molecule has 1 fully saturated rings. The number of aromatic amines is 1. The lowest BCUT2D eigenvalue weighted by Gasteiger charge is -2.27. The standard InChI is InChI=1S/C25H33FN8O4/c1-16(2)34-15-28-22-23(31-25(32-24(22)34)33-4-6-36-7-5-33)27-14-21-29-18-12-17(26)20(13-19(18)30-21)38-11-10-37-9-8-35-3/h12-13,15-16H,4-11,14H2,1-3H3,(H,29,30)(H,27,31,32). The molecule has 0 saturated carbocycles. The van der Waals surface area contributed by atoms with E-state index in [1.807, 2.05) is 4.57 Å². The molecule has 38 heavy (non-hydrogen) atoms. The van der Waals surface area contributed by atoms with E-state index in [9.17, 15) is 4.39 Å². The summed E-state index contributed by atoms with van der Waals surface area (Å²) in [6.45, 7) is 8.75. The normalized spacial score (nSPS) is 14.2. The predicted molar refractivity (Wildman–Crippen MR) is 140 cm³/mol. The molecule has 13 heteroatoms. The van der Waals surface area contributed by atoms with Crippen molar-refractivity contribution in [1.82, 2.24) is 29.5 Å². The molecular weight excluding hydrogens is 495 g/mol. The van der Waals surface area contributed by atoms with Crippen molar-refractivity contribution < 1.29 is 23.3 Å². The Morgan fingerprint density at radius 1 is 1.11 bits per heavy atom. The molecule has 1 aromatic carbocycles. The van der Waals surface area contributed by atoms with Gasteiger partial charge in [-0.3, -0.25) is 0 Å². The van der Waals surface area contributed by atoms with Gasteiger partial charge in [0.2, 0.25) is 5.95 Å². The average Bonchev–Trinajstić information content (AvgIpc) is 3.53. The summed E-state index contributed by atoms with van der Waals surface area (Å²) in [4.78, 5) is 24.1. The number of nitrogens with one attached hydrogen (secondary N) is 2. The third kappa shape index (κ3) is 5.79. The Hall–Kier alpha value is -3.55. The van der Waals surface area contributed by atoms with Crippen molar-refractivity contribution in [2.45, 2.75) is 26.4 Å². The fraction of sp³-hybridized carbons (Fsp3) is 0.520. The third-order valence-corrected chi connectivity index (χ3v) is 6.18. The lowest BCUT2D eigenvalue weighted by Crippen LogP contribution is -2.37. The number of H-pyrrole nitrogens is 1. The van der Waals surface area contributed by atoms with E-state index in [1.54, 1.807) is 19.5 Å². The van der Waals surface area contributed by atoms with Gasteiger partial charge in [-0.05, 0) is 13.8 Å². The van der Waals surface area contributed by atoms with Crippen LogP contribution in [0.1, 0.15) is 25.7 Å². The molecule has 0 aliphatic carbocycles. The topological polar surface area (TPSA) is 124 Å². The van der Waals surface area contributed by atoms with Crippen molar-refractivity contribution in [3.8, 4) is 5.75 Å². The molecule has 4 aromatic rings. The number of benzene rings is 1. The Labute approximate surface area is 219 Å². The quantitative estimate of drug-likeness (QED) is 0.265. The van der Waals surface area contributed by atoms with Crippen molar-refractivity contribution in [2.24, 2.45) is 0 Å². The number of hydrogen-bond acceptors (Lipinski definition) is 10. The number of halogens is 1. The first-order chi connectivity index (χ1) is 18.5. The Morgan fingerprint density at radius 2 is 1.92 bits per heavy atom. The zero-order chi connectivity index (χ0) is 26.5. The summed E-state index contributed by atoms with van der Waals surface area (Å²) in [7, 11) is 1.61. The van der Waals surface area contributed by atoms with Gasteiger partial charge in [-0.25, -0.2) is 14.4 Å². The van der Waals surface area contributed by atoms with E-state index >= 15 is 0 Å². The van der Waals surface area contributed by atoms with Crippen LogP contribution in [0.3, 0.4) is 0 Å². The van der Waals surface area contributed by atoms with Crippen LogP contribution in [0.4, 0.5) is 16.2 Å². The highest BCUT2D eigenvalue weighted by atomic mass is 19.1. The van der Waals surface area contributed by atoms with Gasteiger partial charge in [-0.1, -0.05) is 0 Å². The largest absolute Gasteiger partial charge is 0.488 e. The number of fused-ring (bicyclic) bond motifs is 2. The van der Waals surface area contributed by atoms with Gasteiger partial charge in [-0.15, -0.1) is 0 Å². The van der Waals surface area contributed by atoms with Crippen LogP contribution in [0.5, 0.6) is 5.75 Å². The van der Waals surface area contributed by atoms with Gasteiger partial charge in [0, 0.05) is 38.4 Å². The summed E-state index contributed by atoms with van der Waals surface area (Å²) in [5.74, 6) is 1.53. The van der Waals surface area contributed by atoms with Gasteiger partial charge in [0.15, 0.2) is 28.5 Å². The minimum atomic E-state index is -0.468. The van der Waals surface area contributed by atoms with Crippen LogP contribution in [0, 0.1) is 5.82 Å². The Bertz CT molecular complexity index is 1370. The van der Waals surface area contributed by atoms with E-state index in [-0.39, 0.29) is 18.4 Å². The molecule has 1 aliphatic heterocycles. The molecule has 0 amide bonds. The molecule has 1 saturated heterocycles. The summed E-state index contributed by atoms with van der Waals surface area (Å²) in [6.07, 6.45) is 1.78. The molecule has 1 aliphatic rings. The summed E-state index contributed by atoms with van der Waals surface area (Å²) in [5, 5.41) is 3.35. The molecule has 0 atom stereocenters. The molecule has 3 aromatic heterocycles. The first kappa shape index (κ1) is 26.1. The second-order valence-electron chi connectivity index (χ2n) is 9.18. The van der Waals surface area contributed by atoms with Crippen LogP contribution >= 0.6 is 0 Å². The molecule has 0 spiro atoms. The van der Waals surface area contributed by atoms with Gasteiger partial charge in [0.1, 0.15) is 12.4 Å². The van der Waals surface area contributed by atoms with Gasteiger partial charge in [0.05, 0.1) is 56.9 Å². The lowest BCUT2D eigenvalue weighted by atomic mass is 10.3. The van der Waals surface area contributed by atoms with E-state index in [4.69, 9.17) is 28.9 Å². The molecule has 12 nitrogen and oxygen atoms in total. The van der Waals surface area contributed by atoms with E-state index < -0.39 is 5.82 Å². The highest BCUT2D eigenvalue weighted by Crippen LogP contribution is 2.27. The molecule has 2 N–H and O–H groups in total. The van der Waals surface area contributed by atoms with E-state index in [1.165, 1.54) is 6.07 Å². The number of ether oxygens (including phenoxy) is 4. The number of imidazole rings is 2. The maximum Gasteiger partial charge on any atom is 0.229 e. The molecule has 5 rings (SSSR count). The highest BCUT2D eigenvalue weighted by Gasteiger charge is 2.20. The second kappa shape index (κ2) is 11.9. The Balaban J connectivity index is 1.32. The zero-order valence-corrected chi connectivity index (χ0v) is 21.9. The van der Waals surface area contributed by atoms with Crippen molar-refractivity contribution in [2.75, 3.05) is 70.1 Å². The van der Waals surface area contributed by atoms with Crippen molar-refractivity contribution >= 4 is 34.0 Å². The van der Waals surface area contributed by atoms with Crippen LogP contribution < -0.4 is 15.0 Å². The van der Waals surface area contributed by atoms with Gasteiger partial charge < -0.3 is 38.7 Å². The number of nitrogens with zero attached hydrogens (tertiary/aromatic N) is 6. The smallest absolute Gasteiger partial charge is 0.229 e. The Kier molecular flexibility index (Phi) is 8.15. The summed E-state index contributed by atoms with van der Waals surface area (Å²) >= 11 is 0. The molecule has 4 heterocycles. The summed E-state index contributed by atoms with van der Waals surface area (Å²) in [5.41, 5.74) is 2.62. The Morgan fingerprint density at radius 3 is 2.71 bits per heavy atom. The third-order valence-electron chi connectivity index (χ3n) is 6.18. The molecule has 204 valence electrons. The average molecular weight is 529 g/mol. The zero-order valence-electron chi connectivity index (χ0n) is 21.9. The van der Waals surface area contributed by atoms with Crippen LogP contribution in [0.2, 0.25) is 0 Å². The van der Waals surface area contributed by atoms with Crippen molar-refractivity contribution in [3.63, 3.8) is 0 Å². The van der Waals surface area contributed by atoms with Crippen LogP contribution in [-0.4, -0.2) is 89.3 Å². The van der Waals surface area contributed by atoms with Gasteiger partial charge in [-0.2, -0.15) is 9.97 Å². The first-order valence-corrected chi connectivity index (χ1v) is 12.7. The van der Waals surface area contributed by atoms with E-state index in [0.29, 0.717) is 73.7 Å². The van der Waals surface area contributed by atoms with Crippen LogP contribution in [0.25, 0.3) is 22.2 Å². The maximum atomic E-state index is 14.6. The van der Waals surface area contributed by atoms with E-state index in [0.717, 1.165) is 18.7 Å². The number of rotatable bonds is 12.